The van der Waals surface area contributed by atoms with Crippen LogP contribution in [-0.4, -0.2) is 31.3 Å². The number of aliphatic carboxylic acids is 1. The number of carboxylic acid groups (broad SMARTS) is 1. The number of carbonyl (C=O) groups is 1. The molecular weight excluding hydrogens is 314 g/mol. The fraction of sp³-hybridized carbons (Fsp3) is 0.500. The number of rotatable bonds is 4. The zero-order valence-electron chi connectivity index (χ0n) is 11.4. The molecule has 21 heavy (non-hydrogen) atoms. The maximum atomic E-state index is 12.5. The molecule has 0 spiro atoms. The van der Waals surface area contributed by atoms with Crippen molar-refractivity contribution in [1.29, 1.82) is 0 Å². The molecule has 2 atom stereocenters. The predicted octanol–water partition coefficient (Wildman–Crippen LogP) is 1.78. The highest BCUT2D eigenvalue weighted by molar-refractivity contribution is 7.92. The van der Waals surface area contributed by atoms with Gasteiger partial charge in [-0.25, -0.2) is 8.42 Å². The Bertz CT molecular complexity index is 642. The molecule has 0 amide bonds. The molecule has 0 bridgehead atoms. The lowest BCUT2D eigenvalue weighted by atomic mass is 9.94. The number of halogens is 1. The van der Waals surface area contributed by atoms with Crippen LogP contribution < -0.4 is 5.32 Å². The molecule has 2 N–H and O–H groups in total. The fourth-order valence-corrected chi connectivity index (χ4v) is 4.76. The van der Waals surface area contributed by atoms with Gasteiger partial charge in [0.25, 0.3) is 0 Å². The van der Waals surface area contributed by atoms with Gasteiger partial charge in [0.05, 0.1) is 16.1 Å². The van der Waals surface area contributed by atoms with Gasteiger partial charge < -0.3 is 10.4 Å². The van der Waals surface area contributed by atoms with E-state index in [4.69, 9.17) is 0 Å². The summed E-state index contributed by atoms with van der Waals surface area (Å²) in [6.45, 7) is 0.597. The van der Waals surface area contributed by atoms with Crippen LogP contribution in [0.1, 0.15) is 30.9 Å². The van der Waals surface area contributed by atoms with Crippen LogP contribution in [0, 0.1) is 5.92 Å². The molecular formula is C14H18ClNO4S. The fourth-order valence-electron chi connectivity index (χ4n) is 2.85. The molecule has 116 valence electrons. The first-order chi connectivity index (χ1) is 9.51. The summed E-state index contributed by atoms with van der Waals surface area (Å²) >= 11 is 0. The third kappa shape index (κ3) is 2.93. The Morgan fingerprint density at radius 3 is 2.48 bits per heavy atom. The second kappa shape index (κ2) is 5.94. The third-order valence-corrected chi connectivity index (χ3v) is 6.40. The lowest BCUT2D eigenvalue weighted by molar-refractivity contribution is -0.142. The van der Waals surface area contributed by atoms with Crippen molar-refractivity contribution < 1.29 is 18.3 Å². The Balaban J connectivity index is 0.00000161. The number of nitrogens with one attached hydrogen (secondary N) is 1. The molecule has 1 aromatic carbocycles. The van der Waals surface area contributed by atoms with Gasteiger partial charge in [-0.05, 0) is 37.4 Å². The summed E-state index contributed by atoms with van der Waals surface area (Å²) in [5, 5.41) is 12.1. The summed E-state index contributed by atoms with van der Waals surface area (Å²) in [5.74, 6) is -1.44. The Hall–Kier alpha value is -1.11. The smallest absolute Gasteiger partial charge is 0.308 e. The molecule has 2 aliphatic rings. The van der Waals surface area contributed by atoms with Crippen LogP contribution in [-0.2, 0) is 14.6 Å². The van der Waals surface area contributed by atoms with Crippen molar-refractivity contribution in [2.75, 3.05) is 6.54 Å². The molecule has 1 heterocycles. The van der Waals surface area contributed by atoms with Crippen LogP contribution in [0.3, 0.4) is 0 Å². The number of hydrogen-bond donors (Lipinski definition) is 2. The van der Waals surface area contributed by atoms with Crippen LogP contribution in [0.4, 0.5) is 0 Å². The van der Waals surface area contributed by atoms with Crippen LogP contribution in [0.2, 0.25) is 0 Å². The van der Waals surface area contributed by atoms with E-state index in [-0.39, 0.29) is 17.7 Å². The SMILES string of the molecule is Cl.O=C(O)C1CCNC1c1ccccc1S(=O)(=O)C1CC1. The van der Waals surface area contributed by atoms with Gasteiger partial charge >= 0.3 is 5.97 Å². The molecule has 1 saturated carbocycles. The maximum absolute atomic E-state index is 12.5. The Morgan fingerprint density at radius 1 is 1.19 bits per heavy atom. The van der Waals surface area contributed by atoms with E-state index in [1.807, 2.05) is 0 Å². The minimum Gasteiger partial charge on any atom is -0.481 e. The van der Waals surface area contributed by atoms with Crippen molar-refractivity contribution >= 4 is 28.2 Å². The summed E-state index contributed by atoms with van der Waals surface area (Å²) in [6.07, 6.45) is 1.94. The van der Waals surface area contributed by atoms with Gasteiger partial charge in [0.15, 0.2) is 9.84 Å². The minimum absolute atomic E-state index is 0. The van der Waals surface area contributed by atoms with Crippen LogP contribution in [0.25, 0.3) is 0 Å². The maximum Gasteiger partial charge on any atom is 0.308 e. The molecule has 7 heteroatoms. The van der Waals surface area contributed by atoms with Crippen molar-refractivity contribution in [3.8, 4) is 0 Å². The van der Waals surface area contributed by atoms with E-state index in [0.29, 0.717) is 36.3 Å². The van der Waals surface area contributed by atoms with E-state index in [0.717, 1.165) is 0 Å². The van der Waals surface area contributed by atoms with Gasteiger partial charge in [-0.3, -0.25) is 4.79 Å². The normalized spacial score (nSPS) is 25.3. The number of sulfone groups is 1. The average Bonchev–Trinajstić information content (AvgIpc) is 3.17. The van der Waals surface area contributed by atoms with Gasteiger partial charge in [0.1, 0.15) is 0 Å². The largest absolute Gasteiger partial charge is 0.481 e. The highest BCUT2D eigenvalue weighted by Crippen LogP contribution is 2.39. The molecule has 5 nitrogen and oxygen atoms in total. The lowest BCUT2D eigenvalue weighted by Gasteiger charge is -2.19. The van der Waals surface area contributed by atoms with Crippen molar-refractivity contribution in [2.24, 2.45) is 5.92 Å². The lowest BCUT2D eigenvalue weighted by Crippen LogP contribution is -2.25. The van der Waals surface area contributed by atoms with Crippen LogP contribution in [0.5, 0.6) is 0 Å². The third-order valence-electron chi connectivity index (χ3n) is 4.06. The van der Waals surface area contributed by atoms with E-state index in [9.17, 15) is 18.3 Å². The first kappa shape index (κ1) is 16.3. The number of carboxylic acids is 1. The zero-order chi connectivity index (χ0) is 14.3. The first-order valence-electron chi connectivity index (χ1n) is 6.81. The van der Waals surface area contributed by atoms with Gasteiger partial charge in [-0.1, -0.05) is 18.2 Å². The van der Waals surface area contributed by atoms with E-state index < -0.39 is 27.8 Å². The van der Waals surface area contributed by atoms with E-state index >= 15 is 0 Å². The second-order valence-corrected chi connectivity index (χ2v) is 7.64. The monoisotopic (exact) mass is 331 g/mol. The standard InChI is InChI=1S/C14H17NO4S.ClH/c16-14(17)11-7-8-15-13(11)10-3-1-2-4-12(10)20(18,19)9-5-6-9;/h1-4,9,11,13,15H,5-8H2,(H,16,17);1H. The summed E-state index contributed by atoms with van der Waals surface area (Å²) in [5.41, 5.74) is 0.601. The van der Waals surface area contributed by atoms with Crippen LogP contribution in [0.15, 0.2) is 29.2 Å². The molecule has 1 aromatic rings. The van der Waals surface area contributed by atoms with Crippen molar-refractivity contribution in [1.82, 2.24) is 5.32 Å². The zero-order valence-corrected chi connectivity index (χ0v) is 13.0. The Morgan fingerprint density at radius 2 is 1.86 bits per heavy atom. The summed E-state index contributed by atoms with van der Waals surface area (Å²) in [7, 11) is -3.32. The van der Waals surface area contributed by atoms with E-state index in [1.54, 1.807) is 24.3 Å². The van der Waals surface area contributed by atoms with Crippen LogP contribution >= 0.6 is 12.4 Å². The van der Waals surface area contributed by atoms with Gasteiger partial charge in [-0.15, -0.1) is 12.4 Å². The van der Waals surface area contributed by atoms with E-state index in [1.165, 1.54) is 0 Å². The summed E-state index contributed by atoms with van der Waals surface area (Å²) in [6, 6.07) is 6.37. The average molecular weight is 332 g/mol. The van der Waals surface area contributed by atoms with Crippen molar-refractivity contribution in [3.63, 3.8) is 0 Å². The molecule has 1 aliphatic carbocycles. The Labute approximate surface area is 130 Å². The van der Waals surface area contributed by atoms with Crippen molar-refractivity contribution in [3.05, 3.63) is 29.8 Å². The minimum atomic E-state index is -3.32. The first-order valence-corrected chi connectivity index (χ1v) is 8.35. The van der Waals surface area contributed by atoms with E-state index in [2.05, 4.69) is 5.32 Å². The Kier molecular flexibility index (Phi) is 4.60. The second-order valence-electron chi connectivity index (χ2n) is 5.45. The molecule has 3 rings (SSSR count). The topological polar surface area (TPSA) is 83.5 Å². The molecule has 2 fully saturated rings. The van der Waals surface area contributed by atoms with Gasteiger partial charge in [0.2, 0.25) is 0 Å². The molecule has 2 unspecified atom stereocenters. The number of hydrogen-bond acceptors (Lipinski definition) is 4. The summed E-state index contributed by atoms with van der Waals surface area (Å²) < 4.78 is 24.9. The molecule has 0 radical (unpaired) electrons. The highest BCUT2D eigenvalue weighted by Gasteiger charge is 2.41. The quantitative estimate of drug-likeness (QED) is 0.878. The summed E-state index contributed by atoms with van der Waals surface area (Å²) in [4.78, 5) is 11.6. The van der Waals surface area contributed by atoms with Crippen molar-refractivity contribution in [2.45, 2.75) is 35.4 Å². The predicted molar refractivity (Wildman–Crippen MR) is 80.4 cm³/mol. The van der Waals surface area contributed by atoms with Gasteiger partial charge in [0, 0.05) is 6.04 Å². The molecule has 1 aliphatic heterocycles. The highest BCUT2D eigenvalue weighted by atomic mass is 35.5. The molecule has 1 saturated heterocycles. The number of benzene rings is 1. The van der Waals surface area contributed by atoms with Gasteiger partial charge in [-0.2, -0.15) is 0 Å². The molecule has 0 aromatic heterocycles.